The Balaban J connectivity index is 1.17. The van der Waals surface area contributed by atoms with Crippen molar-refractivity contribution in [2.45, 2.75) is 0 Å². The summed E-state index contributed by atoms with van der Waals surface area (Å²) >= 11 is 0. The summed E-state index contributed by atoms with van der Waals surface area (Å²) in [6, 6.07) is 67.7. The topological polar surface area (TPSA) is 29.4 Å². The standard InChI is InChI=1S/C52H31NO/c54-53-37-25-24-34-30-36(23-22-35(34)31-37)38-26-27-41(40-17-8-7-16-39(38)40)42-28-29-47-50-43(42)20-11-21-46(50)51-48(32-12-3-1-4-13-32)44-18-9-10-19-45(44)49(52(47)51)33-14-5-2-6-15-33/h1-31H. The number of hydrogen-bond acceptors (Lipinski definition) is 2. The van der Waals surface area contributed by atoms with Crippen LogP contribution in [-0.2, 0) is 0 Å². The zero-order valence-electron chi connectivity index (χ0n) is 29.3. The molecule has 11 rings (SSSR count). The highest BCUT2D eigenvalue weighted by atomic mass is 16.3. The van der Waals surface area contributed by atoms with Crippen molar-refractivity contribution in [2.24, 2.45) is 5.18 Å². The molecule has 54 heavy (non-hydrogen) atoms. The van der Waals surface area contributed by atoms with E-state index < -0.39 is 0 Å². The van der Waals surface area contributed by atoms with E-state index in [1.54, 1.807) is 6.07 Å². The van der Waals surface area contributed by atoms with E-state index in [9.17, 15) is 4.91 Å². The minimum atomic E-state index is 0.444. The monoisotopic (exact) mass is 685 g/mol. The van der Waals surface area contributed by atoms with Crippen molar-refractivity contribution in [3.05, 3.63) is 193 Å². The first-order valence-corrected chi connectivity index (χ1v) is 18.4. The van der Waals surface area contributed by atoms with Gasteiger partial charge in [0.1, 0.15) is 5.69 Å². The highest BCUT2D eigenvalue weighted by molar-refractivity contribution is 6.29. The van der Waals surface area contributed by atoms with Gasteiger partial charge >= 0.3 is 0 Å². The quantitative estimate of drug-likeness (QED) is 0.166. The van der Waals surface area contributed by atoms with Gasteiger partial charge in [0.2, 0.25) is 0 Å². The van der Waals surface area contributed by atoms with Crippen LogP contribution in [0.15, 0.2) is 193 Å². The third-order valence-corrected chi connectivity index (χ3v) is 11.4. The molecule has 0 saturated heterocycles. The Labute approximate surface area is 312 Å². The van der Waals surface area contributed by atoms with Crippen LogP contribution in [0.25, 0.3) is 110 Å². The van der Waals surface area contributed by atoms with Gasteiger partial charge in [0.25, 0.3) is 0 Å². The van der Waals surface area contributed by atoms with Crippen LogP contribution in [0.3, 0.4) is 0 Å². The molecule has 1 aliphatic carbocycles. The molecule has 0 unspecified atom stereocenters. The predicted octanol–water partition coefficient (Wildman–Crippen LogP) is 15.0. The van der Waals surface area contributed by atoms with E-state index in [1.807, 2.05) is 12.1 Å². The smallest absolute Gasteiger partial charge is 0.108 e. The molecule has 0 N–H and O–H groups in total. The summed E-state index contributed by atoms with van der Waals surface area (Å²) in [7, 11) is 0. The molecule has 0 radical (unpaired) electrons. The van der Waals surface area contributed by atoms with E-state index >= 15 is 0 Å². The second kappa shape index (κ2) is 11.9. The molecule has 0 aliphatic heterocycles. The van der Waals surface area contributed by atoms with Gasteiger partial charge in [-0.25, -0.2) is 0 Å². The minimum absolute atomic E-state index is 0.444. The maximum absolute atomic E-state index is 11.2. The van der Waals surface area contributed by atoms with Crippen LogP contribution in [0.4, 0.5) is 5.69 Å². The van der Waals surface area contributed by atoms with Crippen molar-refractivity contribution >= 4 is 48.8 Å². The van der Waals surface area contributed by atoms with Crippen molar-refractivity contribution in [1.82, 2.24) is 0 Å². The van der Waals surface area contributed by atoms with Gasteiger partial charge in [-0.05, 0) is 133 Å². The Morgan fingerprint density at radius 3 is 1.43 bits per heavy atom. The van der Waals surface area contributed by atoms with Gasteiger partial charge in [0.05, 0.1) is 0 Å². The number of rotatable bonds is 5. The lowest BCUT2D eigenvalue weighted by atomic mass is 9.82. The van der Waals surface area contributed by atoms with Gasteiger partial charge in [-0.2, -0.15) is 0 Å². The molecule has 250 valence electrons. The normalized spacial score (nSPS) is 11.8. The average Bonchev–Trinajstić information content (AvgIpc) is 3.57. The summed E-state index contributed by atoms with van der Waals surface area (Å²) in [5.74, 6) is 0. The van der Waals surface area contributed by atoms with E-state index in [0.717, 1.165) is 16.3 Å². The van der Waals surface area contributed by atoms with Crippen LogP contribution in [-0.4, -0.2) is 0 Å². The number of fused-ring (bicyclic) bond motifs is 6. The highest BCUT2D eigenvalue weighted by Crippen LogP contribution is 2.58. The zero-order valence-corrected chi connectivity index (χ0v) is 29.3. The second-order valence-electron chi connectivity index (χ2n) is 14.2. The van der Waals surface area contributed by atoms with Crippen molar-refractivity contribution in [3.8, 4) is 66.8 Å². The molecule has 0 fully saturated rings. The van der Waals surface area contributed by atoms with Crippen molar-refractivity contribution in [2.75, 3.05) is 0 Å². The molecule has 2 heteroatoms. The molecular weight excluding hydrogens is 655 g/mol. The van der Waals surface area contributed by atoms with Gasteiger partial charge < -0.3 is 0 Å². The molecule has 0 atom stereocenters. The lowest BCUT2D eigenvalue weighted by molar-refractivity contribution is 1.52. The third-order valence-electron chi connectivity index (χ3n) is 11.4. The van der Waals surface area contributed by atoms with Crippen LogP contribution in [0.5, 0.6) is 0 Å². The van der Waals surface area contributed by atoms with E-state index in [1.165, 1.54) is 93.5 Å². The average molecular weight is 686 g/mol. The van der Waals surface area contributed by atoms with Gasteiger partial charge in [0, 0.05) is 0 Å². The maximum atomic E-state index is 11.2. The second-order valence-corrected chi connectivity index (χ2v) is 14.2. The lowest BCUT2D eigenvalue weighted by Gasteiger charge is -2.20. The Hall–Kier alpha value is -7.16. The Morgan fingerprint density at radius 2 is 0.778 bits per heavy atom. The largest absolute Gasteiger partial charge is 0.145 e. The molecule has 2 nitrogen and oxygen atoms in total. The molecule has 0 heterocycles. The molecule has 10 aromatic carbocycles. The van der Waals surface area contributed by atoms with Crippen molar-refractivity contribution in [1.29, 1.82) is 0 Å². The van der Waals surface area contributed by atoms with Crippen molar-refractivity contribution < 1.29 is 0 Å². The molecule has 0 spiro atoms. The highest BCUT2D eigenvalue weighted by Gasteiger charge is 2.31. The molecule has 0 amide bonds. The van der Waals surface area contributed by atoms with E-state index in [0.29, 0.717) is 5.69 Å². The van der Waals surface area contributed by atoms with E-state index in [-0.39, 0.29) is 0 Å². The van der Waals surface area contributed by atoms with Crippen LogP contribution < -0.4 is 0 Å². The van der Waals surface area contributed by atoms with Gasteiger partial charge in [-0.1, -0.05) is 170 Å². The first-order chi connectivity index (χ1) is 26.8. The minimum Gasteiger partial charge on any atom is -0.145 e. The Kier molecular flexibility index (Phi) is 6.74. The van der Waals surface area contributed by atoms with Gasteiger partial charge in [-0.3, -0.25) is 0 Å². The van der Waals surface area contributed by atoms with E-state index in [4.69, 9.17) is 0 Å². The first kappa shape index (κ1) is 30.5. The first-order valence-electron chi connectivity index (χ1n) is 18.4. The molecule has 0 saturated carbocycles. The maximum Gasteiger partial charge on any atom is 0.108 e. The summed E-state index contributed by atoms with van der Waals surface area (Å²) < 4.78 is 0. The summed E-state index contributed by atoms with van der Waals surface area (Å²) in [5.41, 5.74) is 15.4. The fraction of sp³-hybridized carbons (Fsp3) is 0. The third kappa shape index (κ3) is 4.47. The Morgan fingerprint density at radius 1 is 0.296 bits per heavy atom. The molecular formula is C52H31NO. The fourth-order valence-corrected chi connectivity index (χ4v) is 9.09. The summed E-state index contributed by atoms with van der Waals surface area (Å²) in [6.45, 7) is 0. The van der Waals surface area contributed by atoms with Gasteiger partial charge in [0.15, 0.2) is 0 Å². The SMILES string of the molecule is O=Nc1ccc2cc(-c3ccc(-c4ccc5c6c(cccc46)-c4c-5c(-c5ccccc5)c5ccccc5c4-c4ccccc4)c4ccccc34)ccc2c1. The summed E-state index contributed by atoms with van der Waals surface area (Å²) in [4.78, 5) is 11.2. The fourth-order valence-electron chi connectivity index (χ4n) is 9.09. The number of nitrogens with zero attached hydrogens (tertiary/aromatic N) is 1. The lowest BCUT2D eigenvalue weighted by Crippen LogP contribution is -1.93. The zero-order chi connectivity index (χ0) is 35.8. The molecule has 10 aromatic rings. The summed E-state index contributed by atoms with van der Waals surface area (Å²) in [5, 5.41) is 12.7. The van der Waals surface area contributed by atoms with Crippen LogP contribution in [0.1, 0.15) is 0 Å². The molecule has 0 aromatic heterocycles. The predicted molar refractivity (Wildman–Crippen MR) is 228 cm³/mol. The summed E-state index contributed by atoms with van der Waals surface area (Å²) in [6.07, 6.45) is 0. The van der Waals surface area contributed by atoms with E-state index in [2.05, 4.69) is 175 Å². The van der Waals surface area contributed by atoms with Crippen LogP contribution >= 0.6 is 0 Å². The Bertz CT molecular complexity index is 3070. The van der Waals surface area contributed by atoms with Crippen LogP contribution in [0, 0.1) is 4.91 Å². The van der Waals surface area contributed by atoms with Gasteiger partial charge in [-0.15, -0.1) is 4.91 Å². The number of benzene rings is 10. The number of hydrogen-bond donors (Lipinski definition) is 0. The number of nitroso groups, excluding NO2 is 1. The van der Waals surface area contributed by atoms with Crippen molar-refractivity contribution in [3.63, 3.8) is 0 Å². The molecule has 1 aliphatic rings. The molecule has 0 bridgehead atoms. The van der Waals surface area contributed by atoms with Crippen LogP contribution in [0.2, 0.25) is 0 Å².